The standard InChI is InChI=1S/C18H15N3/c19-11-4-9-18(10-5-12-20)15-7-2-1-6-14(15)17-16(18)8-3-13-21-17/h1-3,6-8,13H,4-5,9-10H2. The Kier molecular flexibility index (Phi) is 3.42. The van der Waals surface area contributed by atoms with E-state index in [1.807, 2.05) is 18.2 Å². The maximum absolute atomic E-state index is 9.03. The molecule has 0 saturated heterocycles. The van der Waals surface area contributed by atoms with Crippen LogP contribution in [-0.4, -0.2) is 4.98 Å². The van der Waals surface area contributed by atoms with Gasteiger partial charge in [0.15, 0.2) is 0 Å². The van der Waals surface area contributed by atoms with E-state index in [4.69, 9.17) is 10.5 Å². The molecule has 102 valence electrons. The lowest BCUT2D eigenvalue weighted by molar-refractivity contribution is 0.457. The van der Waals surface area contributed by atoms with Gasteiger partial charge in [0.25, 0.3) is 0 Å². The molecule has 0 saturated carbocycles. The van der Waals surface area contributed by atoms with Gasteiger partial charge in [-0.3, -0.25) is 4.98 Å². The van der Waals surface area contributed by atoms with Gasteiger partial charge < -0.3 is 0 Å². The third kappa shape index (κ3) is 1.99. The minimum absolute atomic E-state index is 0.244. The number of fused-ring (bicyclic) bond motifs is 3. The van der Waals surface area contributed by atoms with Crippen LogP contribution in [0.2, 0.25) is 0 Å². The molecule has 0 atom stereocenters. The summed E-state index contributed by atoms with van der Waals surface area (Å²) < 4.78 is 0. The van der Waals surface area contributed by atoms with Gasteiger partial charge in [-0.15, -0.1) is 0 Å². The van der Waals surface area contributed by atoms with E-state index in [0.29, 0.717) is 12.8 Å². The van der Waals surface area contributed by atoms with Crippen LogP contribution >= 0.6 is 0 Å². The number of pyridine rings is 1. The van der Waals surface area contributed by atoms with Gasteiger partial charge in [-0.05, 0) is 30.0 Å². The Morgan fingerprint density at radius 1 is 0.905 bits per heavy atom. The molecular weight excluding hydrogens is 258 g/mol. The van der Waals surface area contributed by atoms with E-state index >= 15 is 0 Å². The topological polar surface area (TPSA) is 60.5 Å². The van der Waals surface area contributed by atoms with Gasteiger partial charge in [0, 0.05) is 30.0 Å². The zero-order valence-corrected chi connectivity index (χ0v) is 11.7. The van der Waals surface area contributed by atoms with Crippen molar-refractivity contribution in [3.8, 4) is 23.4 Å². The Hall–Kier alpha value is -2.65. The highest BCUT2D eigenvalue weighted by molar-refractivity contribution is 5.78. The molecule has 3 nitrogen and oxygen atoms in total. The lowest BCUT2D eigenvalue weighted by Gasteiger charge is -2.30. The van der Waals surface area contributed by atoms with E-state index in [2.05, 4.69) is 35.3 Å². The summed E-state index contributed by atoms with van der Waals surface area (Å²) >= 11 is 0. The van der Waals surface area contributed by atoms with E-state index in [0.717, 1.165) is 29.7 Å². The summed E-state index contributed by atoms with van der Waals surface area (Å²) in [6.07, 6.45) is 4.24. The second-order valence-corrected chi connectivity index (χ2v) is 5.34. The summed E-state index contributed by atoms with van der Waals surface area (Å²) in [4.78, 5) is 4.55. The second kappa shape index (κ2) is 5.38. The number of benzene rings is 1. The maximum Gasteiger partial charge on any atom is 0.0746 e. The summed E-state index contributed by atoms with van der Waals surface area (Å²) in [7, 11) is 0. The minimum Gasteiger partial charge on any atom is -0.256 e. The largest absolute Gasteiger partial charge is 0.256 e. The van der Waals surface area contributed by atoms with Crippen molar-refractivity contribution in [2.45, 2.75) is 31.1 Å². The van der Waals surface area contributed by atoms with E-state index in [9.17, 15) is 0 Å². The molecule has 3 heteroatoms. The van der Waals surface area contributed by atoms with Gasteiger partial charge in [0.05, 0.1) is 17.8 Å². The van der Waals surface area contributed by atoms with Crippen molar-refractivity contribution in [1.82, 2.24) is 4.98 Å². The molecular formula is C18H15N3. The van der Waals surface area contributed by atoms with Gasteiger partial charge in [-0.1, -0.05) is 30.3 Å². The highest BCUT2D eigenvalue weighted by Crippen LogP contribution is 2.52. The van der Waals surface area contributed by atoms with Crippen molar-refractivity contribution in [2.75, 3.05) is 0 Å². The first-order valence-corrected chi connectivity index (χ1v) is 7.13. The molecule has 1 aliphatic rings. The fourth-order valence-electron chi connectivity index (χ4n) is 3.46. The molecule has 0 fully saturated rings. The fraction of sp³-hybridized carbons (Fsp3) is 0.278. The summed E-state index contributed by atoms with van der Waals surface area (Å²) in [5, 5.41) is 18.1. The zero-order valence-electron chi connectivity index (χ0n) is 11.7. The predicted molar refractivity (Wildman–Crippen MR) is 80.1 cm³/mol. The molecule has 1 heterocycles. The molecule has 0 bridgehead atoms. The van der Waals surface area contributed by atoms with Crippen molar-refractivity contribution < 1.29 is 0 Å². The average molecular weight is 273 g/mol. The van der Waals surface area contributed by atoms with Gasteiger partial charge in [0.2, 0.25) is 0 Å². The Morgan fingerprint density at radius 2 is 1.57 bits per heavy atom. The van der Waals surface area contributed by atoms with Crippen molar-refractivity contribution in [2.24, 2.45) is 0 Å². The Morgan fingerprint density at radius 3 is 2.29 bits per heavy atom. The average Bonchev–Trinajstić information content (AvgIpc) is 2.82. The monoisotopic (exact) mass is 273 g/mol. The van der Waals surface area contributed by atoms with Crippen LogP contribution in [0.3, 0.4) is 0 Å². The van der Waals surface area contributed by atoms with Crippen LogP contribution in [0.25, 0.3) is 11.3 Å². The third-order valence-electron chi connectivity index (χ3n) is 4.35. The predicted octanol–water partition coefficient (Wildman–Crippen LogP) is 3.96. The Balaban J connectivity index is 2.22. The molecule has 1 aromatic heterocycles. The second-order valence-electron chi connectivity index (χ2n) is 5.34. The van der Waals surface area contributed by atoms with Gasteiger partial charge >= 0.3 is 0 Å². The minimum atomic E-state index is -0.244. The van der Waals surface area contributed by atoms with Crippen LogP contribution in [0.1, 0.15) is 36.8 Å². The molecule has 0 aliphatic heterocycles. The lowest BCUT2D eigenvalue weighted by atomic mass is 9.72. The van der Waals surface area contributed by atoms with Gasteiger partial charge in [-0.2, -0.15) is 10.5 Å². The number of hydrogen-bond acceptors (Lipinski definition) is 3. The van der Waals surface area contributed by atoms with Crippen LogP contribution in [-0.2, 0) is 5.41 Å². The van der Waals surface area contributed by atoms with Crippen molar-refractivity contribution in [1.29, 1.82) is 10.5 Å². The van der Waals surface area contributed by atoms with E-state index in [1.54, 1.807) is 6.20 Å². The first-order chi connectivity index (χ1) is 10.3. The summed E-state index contributed by atoms with van der Waals surface area (Å²) in [5.74, 6) is 0. The molecule has 2 aromatic rings. The molecule has 0 radical (unpaired) electrons. The van der Waals surface area contributed by atoms with Crippen LogP contribution in [0.15, 0.2) is 42.6 Å². The quantitative estimate of drug-likeness (QED) is 0.847. The van der Waals surface area contributed by atoms with Crippen molar-refractivity contribution >= 4 is 0 Å². The molecule has 0 N–H and O–H groups in total. The zero-order chi connectivity index (χ0) is 14.7. The first kappa shape index (κ1) is 13.3. The number of nitriles is 2. The van der Waals surface area contributed by atoms with Gasteiger partial charge in [0.1, 0.15) is 0 Å². The van der Waals surface area contributed by atoms with Crippen LogP contribution in [0.5, 0.6) is 0 Å². The number of aromatic nitrogens is 1. The Bertz CT molecular complexity index is 684. The Labute approximate surface area is 124 Å². The summed E-state index contributed by atoms with van der Waals surface area (Å²) in [6, 6.07) is 16.8. The van der Waals surface area contributed by atoms with Crippen LogP contribution in [0.4, 0.5) is 0 Å². The van der Waals surface area contributed by atoms with E-state index < -0.39 is 0 Å². The SMILES string of the molecule is N#CCCC1(CCC#N)c2ccccc2-c2ncccc21. The van der Waals surface area contributed by atoms with Crippen molar-refractivity contribution in [3.05, 3.63) is 53.7 Å². The normalized spacial score (nSPS) is 13.8. The maximum atomic E-state index is 9.03. The number of rotatable bonds is 4. The third-order valence-corrected chi connectivity index (χ3v) is 4.35. The fourth-order valence-corrected chi connectivity index (χ4v) is 3.46. The molecule has 0 unspecified atom stereocenters. The molecule has 1 aliphatic carbocycles. The highest BCUT2D eigenvalue weighted by Gasteiger charge is 2.42. The van der Waals surface area contributed by atoms with Crippen LogP contribution < -0.4 is 0 Å². The molecule has 3 rings (SSSR count). The summed E-state index contributed by atoms with van der Waals surface area (Å²) in [5.41, 5.74) is 4.28. The molecule has 0 spiro atoms. The molecule has 1 aromatic carbocycles. The highest BCUT2D eigenvalue weighted by atomic mass is 14.7. The van der Waals surface area contributed by atoms with E-state index in [1.165, 1.54) is 5.56 Å². The number of nitrogens with zero attached hydrogens (tertiary/aromatic N) is 3. The molecule has 21 heavy (non-hydrogen) atoms. The van der Waals surface area contributed by atoms with Gasteiger partial charge in [-0.25, -0.2) is 0 Å². The number of hydrogen-bond donors (Lipinski definition) is 0. The van der Waals surface area contributed by atoms with Crippen molar-refractivity contribution in [3.63, 3.8) is 0 Å². The van der Waals surface area contributed by atoms with E-state index in [-0.39, 0.29) is 5.41 Å². The lowest BCUT2D eigenvalue weighted by Crippen LogP contribution is -2.25. The smallest absolute Gasteiger partial charge is 0.0746 e. The van der Waals surface area contributed by atoms with Crippen LogP contribution in [0, 0.1) is 22.7 Å². The molecule has 0 amide bonds. The first-order valence-electron chi connectivity index (χ1n) is 7.13. The summed E-state index contributed by atoms with van der Waals surface area (Å²) in [6.45, 7) is 0.